The van der Waals surface area contributed by atoms with Gasteiger partial charge in [0.05, 0.1) is 11.0 Å². The smallest absolute Gasteiger partial charge is 0.0971 e. The molecule has 0 unspecified atom stereocenters. The van der Waals surface area contributed by atoms with Crippen LogP contribution in [0, 0.1) is 0 Å². The first-order valence-electron chi connectivity index (χ1n) is 18.6. The van der Waals surface area contributed by atoms with E-state index in [0.29, 0.717) is 0 Å². The van der Waals surface area contributed by atoms with Gasteiger partial charge in [-0.15, -0.1) is 11.3 Å². The molecule has 0 aliphatic heterocycles. The van der Waals surface area contributed by atoms with Crippen LogP contribution in [0.25, 0.3) is 108 Å². The number of thiophene rings is 1. The van der Waals surface area contributed by atoms with E-state index in [4.69, 9.17) is 9.97 Å². The summed E-state index contributed by atoms with van der Waals surface area (Å²) in [5.74, 6) is 0. The van der Waals surface area contributed by atoms with Crippen molar-refractivity contribution < 1.29 is 0 Å². The highest BCUT2D eigenvalue weighted by molar-refractivity contribution is 7.27. The van der Waals surface area contributed by atoms with Gasteiger partial charge in [-0.25, -0.2) is 0 Å². The maximum absolute atomic E-state index is 4.81. The van der Waals surface area contributed by atoms with Gasteiger partial charge in [-0.1, -0.05) is 152 Å². The second-order valence-corrected chi connectivity index (χ2v) is 15.1. The summed E-state index contributed by atoms with van der Waals surface area (Å²) in [5, 5.41) is 7.16. The summed E-state index contributed by atoms with van der Waals surface area (Å²) in [4.78, 5) is 9.57. The van der Waals surface area contributed by atoms with Gasteiger partial charge in [-0.3, -0.25) is 9.97 Å². The first-order valence-corrected chi connectivity index (χ1v) is 19.5. The highest BCUT2D eigenvalue weighted by atomic mass is 32.1. The summed E-state index contributed by atoms with van der Waals surface area (Å²) in [5.41, 5.74) is 14.0. The van der Waals surface area contributed by atoms with E-state index in [2.05, 4.69) is 182 Å². The van der Waals surface area contributed by atoms with Gasteiger partial charge in [0.15, 0.2) is 0 Å². The van der Waals surface area contributed by atoms with E-state index in [1.165, 1.54) is 86.6 Å². The number of hydrogen-bond acceptors (Lipinski definition) is 3. The van der Waals surface area contributed by atoms with E-state index in [1.54, 1.807) is 12.4 Å². The number of nitrogens with zero attached hydrogens (tertiary/aromatic N) is 2. The van der Waals surface area contributed by atoms with Crippen molar-refractivity contribution in [2.24, 2.45) is 0 Å². The molecular weight excluding hydrogens is 685 g/mol. The topological polar surface area (TPSA) is 25.8 Å². The van der Waals surface area contributed by atoms with Gasteiger partial charge in [0.1, 0.15) is 0 Å². The lowest BCUT2D eigenvalue weighted by Crippen LogP contribution is -1.90. The first-order chi connectivity index (χ1) is 27.3. The zero-order chi connectivity index (χ0) is 36.3. The van der Waals surface area contributed by atoms with E-state index in [0.717, 1.165) is 21.8 Å². The van der Waals surface area contributed by atoms with Gasteiger partial charge >= 0.3 is 0 Å². The molecule has 0 saturated carbocycles. The normalized spacial score (nSPS) is 11.6. The maximum atomic E-state index is 4.81. The number of rotatable bonds is 5. The largest absolute Gasteiger partial charge is 0.252 e. The monoisotopic (exact) mass is 716 g/mol. The molecule has 2 nitrogen and oxygen atoms in total. The summed E-state index contributed by atoms with van der Waals surface area (Å²) in [7, 11) is 0. The van der Waals surface area contributed by atoms with Crippen molar-refractivity contribution in [1.82, 2.24) is 9.97 Å². The molecule has 55 heavy (non-hydrogen) atoms. The highest BCUT2D eigenvalue weighted by Crippen LogP contribution is 2.49. The third-order valence-electron chi connectivity index (χ3n) is 10.9. The van der Waals surface area contributed by atoms with Gasteiger partial charge in [0, 0.05) is 54.5 Å². The minimum absolute atomic E-state index is 0.933. The van der Waals surface area contributed by atoms with E-state index < -0.39 is 0 Å². The van der Waals surface area contributed by atoms with Crippen LogP contribution < -0.4 is 0 Å². The molecule has 0 spiro atoms. The highest BCUT2D eigenvalue weighted by Gasteiger charge is 2.20. The van der Waals surface area contributed by atoms with Gasteiger partial charge in [-0.05, 0) is 85.6 Å². The van der Waals surface area contributed by atoms with Gasteiger partial charge in [-0.2, -0.15) is 0 Å². The molecule has 2 aromatic heterocycles. The predicted octanol–water partition coefficient (Wildman–Crippen LogP) is 14.6. The van der Waals surface area contributed by atoms with Crippen LogP contribution in [-0.2, 0) is 0 Å². The molecule has 3 heteroatoms. The zero-order valence-electron chi connectivity index (χ0n) is 29.8. The van der Waals surface area contributed by atoms with Crippen LogP contribution in [0.5, 0.6) is 0 Å². The first kappa shape index (κ1) is 31.6. The second-order valence-electron chi connectivity index (χ2n) is 14.1. The summed E-state index contributed by atoms with van der Waals surface area (Å²) < 4.78 is 2.59. The van der Waals surface area contributed by atoms with Crippen LogP contribution in [-0.4, -0.2) is 9.97 Å². The Balaban J connectivity index is 1.21. The predicted molar refractivity (Wildman–Crippen MR) is 235 cm³/mol. The van der Waals surface area contributed by atoms with E-state index in [9.17, 15) is 0 Å². The molecule has 0 aliphatic carbocycles. The Bertz CT molecular complexity index is 3210. The molecule has 11 rings (SSSR count). The lowest BCUT2D eigenvalue weighted by Gasteiger charge is -2.15. The fourth-order valence-corrected chi connectivity index (χ4v) is 9.70. The van der Waals surface area contributed by atoms with Gasteiger partial charge in [0.25, 0.3) is 0 Å². The summed E-state index contributed by atoms with van der Waals surface area (Å²) >= 11 is 1.91. The van der Waals surface area contributed by atoms with Crippen LogP contribution in [0.2, 0.25) is 0 Å². The van der Waals surface area contributed by atoms with Crippen molar-refractivity contribution in [3.8, 4) is 55.6 Å². The molecule has 0 radical (unpaired) electrons. The molecule has 11 aromatic rings. The Morgan fingerprint density at radius 1 is 0.273 bits per heavy atom. The molecule has 0 amide bonds. The number of benzene rings is 9. The molecule has 0 saturated heterocycles. The van der Waals surface area contributed by atoms with Crippen molar-refractivity contribution in [2.75, 3.05) is 0 Å². The van der Waals surface area contributed by atoms with Crippen LogP contribution in [0.1, 0.15) is 0 Å². The quantitative estimate of drug-likeness (QED) is 0.166. The molecule has 0 atom stereocenters. The van der Waals surface area contributed by atoms with E-state index >= 15 is 0 Å². The molecule has 9 aromatic carbocycles. The van der Waals surface area contributed by atoms with Crippen molar-refractivity contribution in [2.45, 2.75) is 0 Å². The average molecular weight is 717 g/mol. The summed E-state index contributed by atoms with van der Waals surface area (Å²) in [6, 6.07) is 66.3. The molecule has 256 valence electrons. The van der Waals surface area contributed by atoms with Crippen molar-refractivity contribution in [3.05, 3.63) is 194 Å². The van der Waals surface area contributed by atoms with Crippen molar-refractivity contribution in [1.29, 1.82) is 0 Å². The molecular formula is C52H32N2S. The number of aromatic nitrogens is 2. The molecule has 0 N–H and O–H groups in total. The van der Waals surface area contributed by atoms with E-state index in [1.807, 2.05) is 11.3 Å². The lowest BCUT2D eigenvalue weighted by atomic mass is 9.89. The van der Waals surface area contributed by atoms with E-state index in [-0.39, 0.29) is 0 Å². The third-order valence-corrected chi connectivity index (χ3v) is 12.2. The lowest BCUT2D eigenvalue weighted by molar-refractivity contribution is 1.31. The van der Waals surface area contributed by atoms with Crippen molar-refractivity contribution >= 4 is 64.1 Å². The minimum Gasteiger partial charge on any atom is -0.252 e. The molecule has 0 fully saturated rings. The van der Waals surface area contributed by atoms with Gasteiger partial charge in [0.2, 0.25) is 0 Å². The Hall–Kier alpha value is -6.94. The molecule has 2 heterocycles. The SMILES string of the molecule is c1ccc(-c2cc(-c3ccccc3)c3sc4c(-c5ccccc5-c5ccc6c(c5)c5ccccc5c5nccnc65)cc(-c5ccccc5)cc4c3c2)cc1. The van der Waals surface area contributed by atoms with Crippen LogP contribution in [0.4, 0.5) is 0 Å². The van der Waals surface area contributed by atoms with Crippen LogP contribution >= 0.6 is 11.3 Å². The van der Waals surface area contributed by atoms with Crippen LogP contribution in [0.3, 0.4) is 0 Å². The standard InChI is InChI=1S/C52H32N2S/c1-4-14-33(15-5-1)37-29-44(35-18-8-3-9-19-35)51-47(31-37)48-32-38(34-16-6-2-7-17-34)30-46(52(48)55-51)40-21-11-10-20-39(40)36-24-25-43-45(28-36)41-22-12-13-23-42(41)49-50(43)54-27-26-53-49/h1-32H. The number of hydrogen-bond donors (Lipinski definition) is 0. The Morgan fingerprint density at radius 2 is 0.745 bits per heavy atom. The summed E-state index contributed by atoms with van der Waals surface area (Å²) in [6.45, 7) is 0. The average Bonchev–Trinajstić information content (AvgIpc) is 3.65. The van der Waals surface area contributed by atoms with Gasteiger partial charge < -0.3 is 0 Å². The summed E-state index contributed by atoms with van der Waals surface area (Å²) in [6.07, 6.45) is 3.58. The Labute approximate surface area is 322 Å². The van der Waals surface area contributed by atoms with Crippen LogP contribution in [0.15, 0.2) is 194 Å². The molecule has 0 aliphatic rings. The number of fused-ring (bicyclic) bond motifs is 9. The van der Waals surface area contributed by atoms with Crippen molar-refractivity contribution in [3.63, 3.8) is 0 Å². The maximum Gasteiger partial charge on any atom is 0.0971 e. The Morgan fingerprint density at radius 3 is 1.38 bits per heavy atom. The molecule has 0 bridgehead atoms. The fraction of sp³-hybridized carbons (Fsp3) is 0. The second kappa shape index (κ2) is 12.9. The zero-order valence-corrected chi connectivity index (χ0v) is 30.6. The minimum atomic E-state index is 0.933. The fourth-order valence-electron chi connectivity index (χ4n) is 8.37. The Kier molecular flexibility index (Phi) is 7.39. The third kappa shape index (κ3) is 5.24.